The zero-order chi connectivity index (χ0) is 16.3. The van der Waals surface area contributed by atoms with E-state index in [4.69, 9.17) is 0 Å². The number of alkyl halides is 3. The van der Waals surface area contributed by atoms with E-state index in [2.05, 4.69) is 36.5 Å². The molecule has 1 aromatic carbocycles. The molecular formula is C14H14BrF3N4. The largest absolute Gasteiger partial charge is 0.433 e. The lowest BCUT2D eigenvalue weighted by atomic mass is 10.2. The second-order valence-corrected chi connectivity index (χ2v) is 5.49. The van der Waals surface area contributed by atoms with Crippen LogP contribution in [0.3, 0.4) is 0 Å². The normalized spacial score (nSPS) is 11.4. The first-order valence-electron chi connectivity index (χ1n) is 6.53. The maximum absolute atomic E-state index is 12.9. The number of hydrogen-bond acceptors (Lipinski definition) is 4. The van der Waals surface area contributed by atoms with Gasteiger partial charge >= 0.3 is 6.18 Å². The maximum atomic E-state index is 12.9. The first-order valence-corrected chi connectivity index (χ1v) is 7.32. The number of aryl methyl sites for hydroxylation is 1. The van der Waals surface area contributed by atoms with Crippen LogP contribution in [-0.2, 0) is 6.18 Å². The smallest absolute Gasteiger partial charge is 0.354 e. The van der Waals surface area contributed by atoms with Crippen molar-refractivity contribution in [3.63, 3.8) is 0 Å². The standard InChI is InChI=1S/C14H14BrF3N4/c1-3-19-13-21-11(14(16,17)18)7-12(22-13)20-10-5-4-9(15)6-8(10)2/h4-7H,3H2,1-2H3,(H2,19,20,21,22). The Labute approximate surface area is 134 Å². The highest BCUT2D eigenvalue weighted by atomic mass is 79.9. The summed E-state index contributed by atoms with van der Waals surface area (Å²) >= 11 is 3.34. The Morgan fingerprint density at radius 2 is 1.91 bits per heavy atom. The van der Waals surface area contributed by atoms with Crippen molar-refractivity contribution in [2.24, 2.45) is 0 Å². The number of rotatable bonds is 4. The molecule has 22 heavy (non-hydrogen) atoms. The molecular weight excluding hydrogens is 361 g/mol. The van der Waals surface area contributed by atoms with E-state index in [1.165, 1.54) is 0 Å². The summed E-state index contributed by atoms with van der Waals surface area (Å²) in [5.41, 5.74) is 0.569. The SMILES string of the molecule is CCNc1nc(Nc2ccc(Br)cc2C)cc(C(F)(F)F)n1. The van der Waals surface area contributed by atoms with Gasteiger partial charge in [0.25, 0.3) is 0 Å². The van der Waals surface area contributed by atoms with Gasteiger partial charge in [0.2, 0.25) is 5.95 Å². The molecule has 0 saturated heterocycles. The van der Waals surface area contributed by atoms with Gasteiger partial charge in [-0.15, -0.1) is 0 Å². The molecule has 0 saturated carbocycles. The zero-order valence-corrected chi connectivity index (χ0v) is 13.5. The van der Waals surface area contributed by atoms with Crippen LogP contribution in [0.4, 0.5) is 30.6 Å². The van der Waals surface area contributed by atoms with E-state index in [-0.39, 0.29) is 11.8 Å². The Hall–Kier alpha value is -1.83. The first kappa shape index (κ1) is 16.5. The van der Waals surface area contributed by atoms with Gasteiger partial charge in [-0.05, 0) is 37.6 Å². The third-order valence-electron chi connectivity index (χ3n) is 2.80. The molecule has 0 aliphatic carbocycles. The van der Waals surface area contributed by atoms with Crippen LogP contribution in [0.25, 0.3) is 0 Å². The fraction of sp³-hybridized carbons (Fsp3) is 0.286. The van der Waals surface area contributed by atoms with E-state index >= 15 is 0 Å². The molecule has 0 aliphatic heterocycles. The van der Waals surface area contributed by atoms with E-state index in [1.807, 2.05) is 13.0 Å². The molecule has 2 rings (SSSR count). The van der Waals surface area contributed by atoms with Gasteiger partial charge in [0, 0.05) is 22.8 Å². The van der Waals surface area contributed by atoms with E-state index in [9.17, 15) is 13.2 Å². The average Bonchev–Trinajstić information content (AvgIpc) is 2.41. The van der Waals surface area contributed by atoms with Crippen molar-refractivity contribution in [2.45, 2.75) is 20.0 Å². The van der Waals surface area contributed by atoms with E-state index in [1.54, 1.807) is 19.1 Å². The van der Waals surface area contributed by atoms with Gasteiger partial charge in [-0.1, -0.05) is 15.9 Å². The molecule has 2 aromatic rings. The van der Waals surface area contributed by atoms with Crippen LogP contribution in [0.1, 0.15) is 18.2 Å². The highest BCUT2D eigenvalue weighted by Crippen LogP contribution is 2.31. The second kappa shape index (κ2) is 6.51. The number of hydrogen-bond donors (Lipinski definition) is 2. The van der Waals surface area contributed by atoms with E-state index < -0.39 is 11.9 Å². The van der Waals surface area contributed by atoms with Gasteiger partial charge in [0.15, 0.2) is 5.69 Å². The Kier molecular flexibility index (Phi) is 4.90. The Morgan fingerprint density at radius 3 is 2.50 bits per heavy atom. The lowest BCUT2D eigenvalue weighted by molar-refractivity contribution is -0.141. The van der Waals surface area contributed by atoms with Crippen LogP contribution in [0.15, 0.2) is 28.7 Å². The summed E-state index contributed by atoms with van der Waals surface area (Å²) in [6, 6.07) is 6.32. The van der Waals surface area contributed by atoms with Gasteiger partial charge in [0.1, 0.15) is 5.82 Å². The summed E-state index contributed by atoms with van der Waals surface area (Å²) in [5, 5.41) is 5.60. The highest BCUT2D eigenvalue weighted by Gasteiger charge is 2.33. The quantitative estimate of drug-likeness (QED) is 0.811. The van der Waals surface area contributed by atoms with Crippen molar-refractivity contribution in [3.05, 3.63) is 40.0 Å². The predicted octanol–water partition coefficient (Wildman–Crippen LogP) is 4.74. The third-order valence-corrected chi connectivity index (χ3v) is 3.30. The van der Waals surface area contributed by atoms with Crippen molar-refractivity contribution in [2.75, 3.05) is 17.2 Å². The first-order chi connectivity index (χ1) is 10.3. The maximum Gasteiger partial charge on any atom is 0.433 e. The predicted molar refractivity (Wildman–Crippen MR) is 83.4 cm³/mol. The van der Waals surface area contributed by atoms with Gasteiger partial charge in [-0.2, -0.15) is 18.2 Å². The van der Waals surface area contributed by atoms with E-state index in [0.717, 1.165) is 16.1 Å². The summed E-state index contributed by atoms with van der Waals surface area (Å²) in [6.45, 7) is 4.04. The molecule has 0 bridgehead atoms. The minimum atomic E-state index is -4.53. The summed E-state index contributed by atoms with van der Waals surface area (Å²) in [4.78, 5) is 7.53. The van der Waals surface area contributed by atoms with Crippen molar-refractivity contribution in [3.8, 4) is 0 Å². The number of halogens is 4. The molecule has 8 heteroatoms. The number of benzene rings is 1. The molecule has 0 unspecified atom stereocenters. The summed E-state index contributed by atoms with van der Waals surface area (Å²) in [5.74, 6) is 0.0262. The lowest BCUT2D eigenvalue weighted by Crippen LogP contribution is -2.13. The third kappa shape index (κ3) is 4.09. The zero-order valence-electron chi connectivity index (χ0n) is 11.9. The highest BCUT2D eigenvalue weighted by molar-refractivity contribution is 9.10. The molecule has 118 valence electrons. The summed E-state index contributed by atoms with van der Waals surface area (Å²) < 4.78 is 39.6. The Balaban J connectivity index is 2.39. The molecule has 4 nitrogen and oxygen atoms in total. The number of aromatic nitrogens is 2. The fourth-order valence-electron chi connectivity index (χ4n) is 1.80. The molecule has 1 heterocycles. The minimum absolute atomic E-state index is 0.0606. The Bertz CT molecular complexity index is 674. The Morgan fingerprint density at radius 1 is 1.18 bits per heavy atom. The van der Waals surface area contributed by atoms with Crippen molar-refractivity contribution in [1.82, 2.24) is 9.97 Å². The van der Waals surface area contributed by atoms with Crippen LogP contribution < -0.4 is 10.6 Å². The molecule has 0 spiro atoms. The van der Waals surface area contributed by atoms with Crippen molar-refractivity contribution < 1.29 is 13.2 Å². The summed E-state index contributed by atoms with van der Waals surface area (Å²) in [6.07, 6.45) is -4.53. The van der Waals surface area contributed by atoms with Gasteiger partial charge in [-0.3, -0.25) is 0 Å². The summed E-state index contributed by atoms with van der Waals surface area (Å²) in [7, 11) is 0. The number of nitrogens with zero attached hydrogens (tertiary/aromatic N) is 2. The monoisotopic (exact) mass is 374 g/mol. The van der Waals surface area contributed by atoms with Gasteiger partial charge in [0.05, 0.1) is 0 Å². The number of anilines is 3. The van der Waals surface area contributed by atoms with Crippen LogP contribution in [0.5, 0.6) is 0 Å². The molecule has 0 radical (unpaired) electrons. The van der Waals surface area contributed by atoms with Gasteiger partial charge < -0.3 is 10.6 Å². The van der Waals surface area contributed by atoms with Crippen molar-refractivity contribution >= 4 is 33.4 Å². The van der Waals surface area contributed by atoms with Crippen LogP contribution >= 0.6 is 15.9 Å². The van der Waals surface area contributed by atoms with Crippen molar-refractivity contribution in [1.29, 1.82) is 0 Å². The number of nitrogens with one attached hydrogen (secondary N) is 2. The van der Waals surface area contributed by atoms with Crippen LogP contribution in [0.2, 0.25) is 0 Å². The molecule has 2 N–H and O–H groups in total. The molecule has 0 atom stereocenters. The molecule has 0 fully saturated rings. The lowest BCUT2D eigenvalue weighted by Gasteiger charge is -2.13. The van der Waals surface area contributed by atoms with Crippen LogP contribution in [-0.4, -0.2) is 16.5 Å². The molecule has 0 amide bonds. The molecule has 0 aliphatic rings. The molecule has 1 aromatic heterocycles. The average molecular weight is 375 g/mol. The minimum Gasteiger partial charge on any atom is -0.354 e. The fourth-order valence-corrected chi connectivity index (χ4v) is 2.27. The second-order valence-electron chi connectivity index (χ2n) is 4.57. The van der Waals surface area contributed by atoms with E-state index in [0.29, 0.717) is 12.2 Å². The topological polar surface area (TPSA) is 49.8 Å². The van der Waals surface area contributed by atoms with Gasteiger partial charge in [-0.25, -0.2) is 4.98 Å². The van der Waals surface area contributed by atoms with Crippen LogP contribution in [0, 0.1) is 6.92 Å².